The van der Waals surface area contributed by atoms with E-state index in [0.717, 1.165) is 0 Å². The number of esters is 1. The van der Waals surface area contributed by atoms with E-state index in [2.05, 4.69) is 21.6 Å². The number of piperidine rings is 1. The Bertz CT molecular complexity index is 2020. The van der Waals surface area contributed by atoms with Crippen molar-refractivity contribution in [3.8, 4) is 11.6 Å². The zero-order valence-corrected chi connectivity index (χ0v) is 31.2. The van der Waals surface area contributed by atoms with E-state index >= 15 is 0 Å². The van der Waals surface area contributed by atoms with Crippen molar-refractivity contribution in [1.82, 2.24) is 24.6 Å². The zero-order valence-electron chi connectivity index (χ0n) is 31.2. The van der Waals surface area contributed by atoms with E-state index in [1.54, 1.807) is 43.0 Å². The maximum Gasteiger partial charge on any atom is 0.429 e. The number of aromatic nitrogens is 4. The highest BCUT2D eigenvalue weighted by atomic mass is 19.4. The van der Waals surface area contributed by atoms with Gasteiger partial charge in [-0.15, -0.1) is 0 Å². The molecule has 0 radical (unpaired) electrons. The molecule has 0 saturated carbocycles. The Morgan fingerprint density at radius 2 is 1.89 bits per heavy atom. The summed E-state index contributed by atoms with van der Waals surface area (Å²) in [6.45, 7) is 9.82. The predicted octanol–water partition coefficient (Wildman–Crippen LogP) is 6.38. The molecule has 2 atom stereocenters. The number of allylic oxidation sites excluding steroid dienone is 3. The third kappa shape index (κ3) is 9.94. The molecule has 14 nitrogen and oxygen atoms in total. The van der Waals surface area contributed by atoms with Gasteiger partial charge in [0.25, 0.3) is 0 Å². The van der Waals surface area contributed by atoms with Crippen LogP contribution in [0, 0.1) is 12.3 Å². The number of carboxylic acids is 1. The highest BCUT2D eigenvalue weighted by Gasteiger charge is 2.51. The van der Waals surface area contributed by atoms with Gasteiger partial charge in [-0.1, -0.05) is 43.0 Å². The number of likely N-dealkylation sites (tertiary alicyclic amines) is 1. The first kappa shape index (κ1) is 41.0. The van der Waals surface area contributed by atoms with Crippen LogP contribution in [0.5, 0.6) is 5.88 Å². The first-order chi connectivity index (χ1) is 26.6. The molecule has 5 rings (SSSR count). The molecule has 1 amide bonds. The standard InChI is InChI=1S/C39H44F3N7O7/c1-5-8-9-26(6-2)23-55-37(53)48-24-38(22-30(48)35(51)52)15-18-47(19-16-38)31-21-32(45-36(43)44-31)56-34(39(40,41)42)28-12-10-27(11-13-33(50)54-7-3)20-29(28)49-17-14-25(4)46-49/h5-6,8-14,17,20-21,30,34H,2,7,15-16,18-19,22-24H2,1,3-4H3,(H,51,52)(H2,43,44,45)/t30?,34-/m1/s1. The molecule has 2 aromatic heterocycles. The fourth-order valence-corrected chi connectivity index (χ4v) is 6.73. The molecule has 1 unspecified atom stereocenters. The van der Waals surface area contributed by atoms with E-state index in [-0.39, 0.29) is 49.2 Å². The van der Waals surface area contributed by atoms with Gasteiger partial charge in [-0.25, -0.2) is 19.1 Å². The normalized spacial score (nSPS) is 17.8. The number of aryl methyl sites for hydroxylation is 1. The van der Waals surface area contributed by atoms with Gasteiger partial charge < -0.3 is 30.0 Å². The third-order valence-electron chi connectivity index (χ3n) is 9.55. The van der Waals surface area contributed by atoms with E-state index < -0.39 is 47.6 Å². The number of alkyl halides is 3. The molecule has 0 bridgehead atoms. The molecular weight excluding hydrogens is 735 g/mol. The van der Waals surface area contributed by atoms with E-state index in [1.807, 2.05) is 13.0 Å². The number of nitrogens with zero attached hydrogens (tertiary/aromatic N) is 6. The van der Waals surface area contributed by atoms with Crippen molar-refractivity contribution in [3.05, 3.63) is 95.9 Å². The number of benzene rings is 1. The summed E-state index contributed by atoms with van der Waals surface area (Å²) in [5, 5.41) is 14.3. The molecular formula is C39H44F3N7O7. The monoisotopic (exact) mass is 779 g/mol. The minimum Gasteiger partial charge on any atom is -0.480 e. The van der Waals surface area contributed by atoms with E-state index in [9.17, 15) is 32.7 Å². The fourth-order valence-electron chi connectivity index (χ4n) is 6.73. The van der Waals surface area contributed by atoms with Crippen molar-refractivity contribution in [1.29, 1.82) is 0 Å². The lowest BCUT2D eigenvalue weighted by atomic mass is 9.76. The molecule has 1 aromatic carbocycles. The third-order valence-corrected chi connectivity index (χ3v) is 9.55. The van der Waals surface area contributed by atoms with Crippen LogP contribution in [0.15, 0.2) is 79.1 Å². The average Bonchev–Trinajstić information content (AvgIpc) is 3.76. The topological polar surface area (TPSA) is 175 Å². The molecule has 56 heavy (non-hydrogen) atoms. The Balaban J connectivity index is 1.35. The van der Waals surface area contributed by atoms with Gasteiger partial charge in [0.1, 0.15) is 18.5 Å². The molecule has 2 saturated heterocycles. The number of ether oxygens (including phenoxy) is 3. The van der Waals surface area contributed by atoms with E-state index in [1.165, 1.54) is 52.2 Å². The lowest BCUT2D eigenvalue weighted by Gasteiger charge is -2.39. The summed E-state index contributed by atoms with van der Waals surface area (Å²) in [5.74, 6) is -2.27. The number of aliphatic carboxylic acids is 1. The van der Waals surface area contributed by atoms with Crippen LogP contribution >= 0.6 is 0 Å². The highest BCUT2D eigenvalue weighted by molar-refractivity contribution is 5.87. The lowest BCUT2D eigenvalue weighted by molar-refractivity contribution is -0.198. The predicted molar refractivity (Wildman–Crippen MR) is 201 cm³/mol. The molecule has 2 aliphatic heterocycles. The van der Waals surface area contributed by atoms with Crippen LogP contribution in [-0.2, 0) is 19.1 Å². The van der Waals surface area contributed by atoms with Crippen LogP contribution in [0.2, 0.25) is 0 Å². The zero-order chi connectivity index (χ0) is 40.6. The van der Waals surface area contributed by atoms with Crippen molar-refractivity contribution in [2.24, 2.45) is 5.41 Å². The number of carboxylic acid groups (broad SMARTS) is 1. The van der Waals surface area contributed by atoms with Gasteiger partial charge in [0, 0.05) is 43.5 Å². The van der Waals surface area contributed by atoms with Gasteiger partial charge in [0.2, 0.25) is 17.9 Å². The van der Waals surface area contributed by atoms with Crippen LogP contribution in [0.3, 0.4) is 0 Å². The van der Waals surface area contributed by atoms with Gasteiger partial charge in [0.15, 0.2) is 0 Å². The number of nitrogens with two attached hydrogens (primary N) is 1. The minimum absolute atomic E-state index is 0.0513. The SMILES string of the molecule is C=CC(=CC=CC)COC(=O)N1CC2(CCN(c3cc(O[C@H](c4ccc(C=CC(=O)OCC)cc4-n4ccc(C)n4)C(F)(F)F)nc(N)n3)CC2)CC1C(=O)O. The molecule has 4 heterocycles. The van der Waals surface area contributed by atoms with Crippen LogP contribution in [-0.4, -0.2) is 92.9 Å². The van der Waals surface area contributed by atoms with Crippen LogP contribution < -0.4 is 15.4 Å². The summed E-state index contributed by atoms with van der Waals surface area (Å²) in [4.78, 5) is 48.5. The Hall–Kier alpha value is -6.13. The summed E-state index contributed by atoms with van der Waals surface area (Å²) >= 11 is 0. The number of nitrogen functional groups attached to an aromatic ring is 1. The molecule has 2 fully saturated rings. The van der Waals surface area contributed by atoms with Crippen molar-refractivity contribution >= 4 is 35.9 Å². The van der Waals surface area contributed by atoms with Gasteiger partial charge >= 0.3 is 24.2 Å². The Labute approximate surface area is 321 Å². The first-order valence-electron chi connectivity index (χ1n) is 17.9. The molecule has 17 heteroatoms. The van der Waals surface area contributed by atoms with Crippen molar-refractivity contribution in [3.63, 3.8) is 0 Å². The van der Waals surface area contributed by atoms with Gasteiger partial charge in [-0.05, 0) is 74.8 Å². The molecule has 2 aliphatic rings. The summed E-state index contributed by atoms with van der Waals surface area (Å²) in [6.07, 6.45) is 3.89. The number of halogens is 3. The average molecular weight is 780 g/mol. The summed E-state index contributed by atoms with van der Waals surface area (Å²) in [5.41, 5.74) is 6.86. The molecule has 0 aliphatic carbocycles. The van der Waals surface area contributed by atoms with Crippen LogP contribution in [0.4, 0.5) is 29.7 Å². The molecule has 3 N–H and O–H groups in total. The number of carbonyl (C=O) groups excluding carboxylic acids is 2. The van der Waals surface area contributed by atoms with Crippen molar-refractivity contribution in [2.75, 3.05) is 43.5 Å². The number of hydrogen-bond donors (Lipinski definition) is 2. The quantitative estimate of drug-likeness (QED) is 0.111. The van der Waals surface area contributed by atoms with E-state index in [0.29, 0.717) is 42.8 Å². The number of anilines is 2. The van der Waals surface area contributed by atoms with Gasteiger partial charge in [0.05, 0.1) is 18.0 Å². The second-order valence-electron chi connectivity index (χ2n) is 13.5. The summed E-state index contributed by atoms with van der Waals surface area (Å²) < 4.78 is 61.9. The smallest absolute Gasteiger partial charge is 0.429 e. The maximum absolute atomic E-state index is 14.9. The molecule has 3 aromatic rings. The fraction of sp³-hybridized carbons (Fsp3) is 0.385. The highest BCUT2D eigenvalue weighted by Crippen LogP contribution is 2.45. The van der Waals surface area contributed by atoms with E-state index in [4.69, 9.17) is 19.9 Å². The van der Waals surface area contributed by atoms with Crippen LogP contribution in [0.25, 0.3) is 11.8 Å². The Kier molecular flexibility index (Phi) is 12.9. The molecule has 298 valence electrons. The largest absolute Gasteiger partial charge is 0.480 e. The lowest BCUT2D eigenvalue weighted by Crippen LogP contribution is -2.43. The van der Waals surface area contributed by atoms with Gasteiger partial charge in [-0.2, -0.15) is 28.2 Å². The second kappa shape index (κ2) is 17.6. The first-order valence-corrected chi connectivity index (χ1v) is 17.9. The second-order valence-corrected chi connectivity index (χ2v) is 13.5. The summed E-state index contributed by atoms with van der Waals surface area (Å²) in [6, 6.07) is 5.92. The maximum atomic E-state index is 14.9. The number of carbonyl (C=O) groups is 3. The van der Waals surface area contributed by atoms with Crippen LogP contribution in [0.1, 0.15) is 56.0 Å². The van der Waals surface area contributed by atoms with Crippen molar-refractivity contribution < 1.29 is 46.9 Å². The number of amides is 1. The number of rotatable bonds is 13. The number of hydrogen-bond acceptors (Lipinski definition) is 11. The Morgan fingerprint density at radius 3 is 2.52 bits per heavy atom. The van der Waals surface area contributed by atoms with Gasteiger partial charge in [-0.3, -0.25) is 4.90 Å². The molecule has 1 spiro atoms. The van der Waals surface area contributed by atoms with Crippen molar-refractivity contribution in [2.45, 2.75) is 58.4 Å². The Morgan fingerprint density at radius 1 is 1.14 bits per heavy atom. The minimum atomic E-state index is -4.93. The summed E-state index contributed by atoms with van der Waals surface area (Å²) in [7, 11) is 0.